The van der Waals surface area contributed by atoms with E-state index < -0.39 is 0 Å². The first kappa shape index (κ1) is 19.8. The van der Waals surface area contributed by atoms with Gasteiger partial charge < -0.3 is 10.1 Å². The Hall–Kier alpha value is -2.94. The Morgan fingerprint density at radius 2 is 1.68 bits per heavy atom. The number of anilines is 1. The molecule has 0 heterocycles. The third kappa shape index (κ3) is 4.48. The summed E-state index contributed by atoms with van der Waals surface area (Å²) in [4.78, 5) is 11.1. The molecule has 0 aliphatic rings. The highest BCUT2D eigenvalue weighted by molar-refractivity contribution is 5.76. The van der Waals surface area contributed by atoms with Crippen LogP contribution in [0.25, 0.3) is 11.1 Å². The summed E-state index contributed by atoms with van der Waals surface area (Å²) in [5, 5.41) is 3.16. The first-order chi connectivity index (χ1) is 13.7. The molecule has 0 spiro atoms. The molecule has 3 heteroatoms. The van der Waals surface area contributed by atoms with Gasteiger partial charge in [0.1, 0.15) is 12.1 Å². The summed E-state index contributed by atoms with van der Waals surface area (Å²) in [5.41, 5.74) is 8.08. The van der Waals surface area contributed by atoms with Crippen molar-refractivity contribution in [1.29, 1.82) is 0 Å². The van der Waals surface area contributed by atoms with Crippen LogP contribution in [0, 0.1) is 5.82 Å². The molecule has 3 aromatic rings. The summed E-state index contributed by atoms with van der Waals surface area (Å²) in [6.07, 6.45) is 4.02. The predicted molar refractivity (Wildman–Crippen MR) is 114 cm³/mol. The molecule has 28 heavy (non-hydrogen) atoms. The lowest BCUT2D eigenvalue weighted by Gasteiger charge is -2.17. The Bertz CT molecular complexity index is 947. The number of rotatable bonds is 8. The first-order valence-corrected chi connectivity index (χ1v) is 9.76. The van der Waals surface area contributed by atoms with Gasteiger partial charge in [0.25, 0.3) is 0 Å². The van der Waals surface area contributed by atoms with E-state index in [1.54, 1.807) is 0 Å². The van der Waals surface area contributed by atoms with Gasteiger partial charge in [0.05, 0.1) is 0 Å². The summed E-state index contributed by atoms with van der Waals surface area (Å²) in [7, 11) is 1.87. The molecule has 0 saturated heterocycles. The summed E-state index contributed by atoms with van der Waals surface area (Å²) in [6.45, 7) is 2.16. The molecular weight excluding hydrogens is 349 g/mol. The van der Waals surface area contributed by atoms with Crippen LogP contribution in [0.4, 0.5) is 10.1 Å². The van der Waals surface area contributed by atoms with Crippen molar-refractivity contribution in [2.45, 2.75) is 32.6 Å². The van der Waals surface area contributed by atoms with Crippen LogP contribution in [-0.2, 0) is 30.5 Å². The second-order valence-corrected chi connectivity index (χ2v) is 6.92. The molecule has 0 aliphatic heterocycles. The Labute approximate surface area is 166 Å². The minimum absolute atomic E-state index is 0.204. The van der Waals surface area contributed by atoms with Gasteiger partial charge >= 0.3 is 0 Å². The van der Waals surface area contributed by atoms with E-state index in [1.807, 2.05) is 25.2 Å². The van der Waals surface area contributed by atoms with Gasteiger partial charge in [-0.2, -0.15) is 0 Å². The fraction of sp³-hybridized carbons (Fsp3) is 0.240. The minimum Gasteiger partial charge on any atom is -0.388 e. The zero-order valence-corrected chi connectivity index (χ0v) is 16.5. The number of aldehydes is 1. The number of nitrogens with one attached hydrogen (secondary N) is 1. The van der Waals surface area contributed by atoms with Crippen molar-refractivity contribution >= 4 is 12.0 Å². The van der Waals surface area contributed by atoms with Crippen molar-refractivity contribution in [1.82, 2.24) is 0 Å². The molecule has 2 nitrogen and oxygen atoms in total. The quantitative estimate of drug-likeness (QED) is 0.518. The molecule has 0 amide bonds. The normalized spacial score (nSPS) is 10.7. The SMILES string of the molecule is CCc1cccc(CCc2ccc(F)cc2)c1-c1ccc(NC)c(CC=O)c1. The maximum absolute atomic E-state index is 13.2. The van der Waals surface area contributed by atoms with Crippen LogP contribution in [0.1, 0.15) is 29.2 Å². The molecule has 3 aromatic carbocycles. The minimum atomic E-state index is -0.204. The average molecular weight is 375 g/mol. The van der Waals surface area contributed by atoms with Crippen LogP contribution in [0.5, 0.6) is 0 Å². The van der Waals surface area contributed by atoms with E-state index in [9.17, 15) is 9.18 Å². The molecule has 0 radical (unpaired) electrons. The number of hydrogen-bond donors (Lipinski definition) is 1. The first-order valence-electron chi connectivity index (χ1n) is 9.76. The number of carbonyl (C=O) groups is 1. The van der Waals surface area contributed by atoms with Gasteiger partial charge in [-0.15, -0.1) is 0 Å². The van der Waals surface area contributed by atoms with Gasteiger partial charge in [-0.25, -0.2) is 4.39 Å². The molecule has 0 unspecified atom stereocenters. The molecule has 144 valence electrons. The van der Waals surface area contributed by atoms with Gasteiger partial charge in [0, 0.05) is 19.2 Å². The Morgan fingerprint density at radius 1 is 0.929 bits per heavy atom. The Balaban J connectivity index is 1.98. The second-order valence-electron chi connectivity index (χ2n) is 6.92. The highest BCUT2D eigenvalue weighted by atomic mass is 19.1. The number of halogens is 1. The van der Waals surface area contributed by atoms with Crippen LogP contribution < -0.4 is 5.32 Å². The van der Waals surface area contributed by atoms with Gasteiger partial charge in [0.2, 0.25) is 0 Å². The van der Waals surface area contributed by atoms with E-state index in [-0.39, 0.29) is 5.82 Å². The predicted octanol–water partition coefficient (Wildman–Crippen LogP) is 5.62. The monoisotopic (exact) mass is 375 g/mol. The lowest BCUT2D eigenvalue weighted by atomic mass is 9.89. The molecule has 0 aromatic heterocycles. The number of hydrogen-bond acceptors (Lipinski definition) is 2. The van der Waals surface area contributed by atoms with E-state index in [0.29, 0.717) is 6.42 Å². The number of benzene rings is 3. The molecular formula is C25H26FNO. The largest absolute Gasteiger partial charge is 0.388 e. The summed E-state index contributed by atoms with van der Waals surface area (Å²) >= 11 is 0. The van der Waals surface area contributed by atoms with Crippen molar-refractivity contribution in [2.75, 3.05) is 12.4 Å². The van der Waals surface area contributed by atoms with E-state index in [2.05, 4.69) is 42.6 Å². The molecule has 0 fully saturated rings. The third-order valence-corrected chi connectivity index (χ3v) is 5.18. The lowest BCUT2D eigenvalue weighted by molar-refractivity contribution is -0.107. The maximum Gasteiger partial charge on any atom is 0.124 e. The van der Waals surface area contributed by atoms with Crippen molar-refractivity contribution in [3.05, 3.63) is 88.7 Å². The van der Waals surface area contributed by atoms with Crippen molar-refractivity contribution in [3.63, 3.8) is 0 Å². The van der Waals surface area contributed by atoms with Crippen molar-refractivity contribution < 1.29 is 9.18 Å². The van der Waals surface area contributed by atoms with E-state index >= 15 is 0 Å². The van der Waals surface area contributed by atoms with Gasteiger partial charge in [0.15, 0.2) is 0 Å². The van der Waals surface area contributed by atoms with Crippen LogP contribution in [0.3, 0.4) is 0 Å². The zero-order valence-electron chi connectivity index (χ0n) is 16.5. The highest BCUT2D eigenvalue weighted by Gasteiger charge is 2.12. The summed E-state index contributed by atoms with van der Waals surface area (Å²) in [6, 6.07) is 19.5. The lowest BCUT2D eigenvalue weighted by Crippen LogP contribution is -2.01. The second kappa shape index (κ2) is 9.32. The molecule has 0 atom stereocenters. The molecule has 3 rings (SSSR count). The number of carbonyl (C=O) groups excluding carboxylic acids is 1. The van der Waals surface area contributed by atoms with Crippen molar-refractivity contribution in [2.24, 2.45) is 0 Å². The summed E-state index contributed by atoms with van der Waals surface area (Å²) < 4.78 is 13.2. The standard InChI is InChI=1S/C25H26FNO/c1-3-19-5-4-6-20(10-7-18-8-12-23(26)13-9-18)25(19)22-11-14-24(27-2)21(17-22)15-16-28/h4-6,8-9,11-14,16-17,27H,3,7,10,15H2,1-2H3. The molecule has 0 saturated carbocycles. The van der Waals surface area contributed by atoms with E-state index in [4.69, 9.17) is 0 Å². The molecule has 1 N–H and O–H groups in total. The fourth-order valence-corrected chi connectivity index (χ4v) is 3.71. The molecule has 0 aliphatic carbocycles. The Morgan fingerprint density at radius 3 is 2.36 bits per heavy atom. The molecule has 0 bridgehead atoms. The third-order valence-electron chi connectivity index (χ3n) is 5.18. The van der Waals surface area contributed by atoms with E-state index in [0.717, 1.165) is 47.9 Å². The summed E-state index contributed by atoms with van der Waals surface area (Å²) in [5.74, 6) is -0.204. The average Bonchev–Trinajstić information content (AvgIpc) is 2.73. The van der Waals surface area contributed by atoms with Crippen LogP contribution in [-0.4, -0.2) is 13.3 Å². The van der Waals surface area contributed by atoms with Crippen LogP contribution in [0.15, 0.2) is 60.7 Å². The van der Waals surface area contributed by atoms with E-state index in [1.165, 1.54) is 28.8 Å². The van der Waals surface area contributed by atoms with Gasteiger partial charge in [-0.1, -0.05) is 43.3 Å². The smallest absolute Gasteiger partial charge is 0.124 e. The van der Waals surface area contributed by atoms with Crippen LogP contribution in [0.2, 0.25) is 0 Å². The van der Waals surface area contributed by atoms with Gasteiger partial charge in [-0.3, -0.25) is 0 Å². The van der Waals surface area contributed by atoms with Gasteiger partial charge in [-0.05, 0) is 76.9 Å². The fourth-order valence-electron chi connectivity index (χ4n) is 3.71. The zero-order chi connectivity index (χ0) is 19.9. The topological polar surface area (TPSA) is 29.1 Å². The Kier molecular flexibility index (Phi) is 6.59. The highest BCUT2D eigenvalue weighted by Crippen LogP contribution is 2.32. The van der Waals surface area contributed by atoms with Crippen LogP contribution >= 0.6 is 0 Å². The maximum atomic E-state index is 13.2. The number of aryl methyl sites for hydroxylation is 3. The van der Waals surface area contributed by atoms with Crippen molar-refractivity contribution in [3.8, 4) is 11.1 Å².